The first-order valence-corrected chi connectivity index (χ1v) is 6.91. The Morgan fingerprint density at radius 2 is 1.18 bits per heavy atom. The van der Waals surface area contributed by atoms with Crippen molar-refractivity contribution in [2.24, 2.45) is 0 Å². The van der Waals surface area contributed by atoms with Crippen LogP contribution in [0.3, 0.4) is 0 Å². The summed E-state index contributed by atoms with van der Waals surface area (Å²) in [4.78, 5) is 8.29. The summed E-state index contributed by atoms with van der Waals surface area (Å²) in [6, 6.07) is 0. The van der Waals surface area contributed by atoms with Crippen LogP contribution in [0.4, 0.5) is 0 Å². The summed E-state index contributed by atoms with van der Waals surface area (Å²) in [7, 11) is 0. The molecule has 8 heteroatoms. The molecule has 0 amide bonds. The summed E-state index contributed by atoms with van der Waals surface area (Å²) in [5.74, 6) is 0. The van der Waals surface area contributed by atoms with E-state index in [0.29, 0.717) is 11.4 Å². The van der Waals surface area contributed by atoms with Crippen LogP contribution >= 0.6 is 0 Å². The van der Waals surface area contributed by atoms with Gasteiger partial charge in [0.05, 0.1) is 63.4 Å². The molecule has 126 valence electrons. The minimum Gasteiger partial charge on any atom is -0.393 e. The fourth-order valence-corrected chi connectivity index (χ4v) is 1.37. The number of aliphatic hydroxyl groups is 4. The predicted molar refractivity (Wildman–Crippen MR) is 76.8 cm³/mol. The SMILES string of the molecule is CC(CO)(CO)OCc1cncc(COC(C)(CO)CO)n1. The van der Waals surface area contributed by atoms with Crippen molar-refractivity contribution in [1.29, 1.82) is 0 Å². The summed E-state index contributed by atoms with van der Waals surface area (Å²) >= 11 is 0. The van der Waals surface area contributed by atoms with Crippen LogP contribution in [-0.2, 0) is 22.7 Å². The number of ether oxygens (including phenoxy) is 2. The van der Waals surface area contributed by atoms with E-state index in [1.54, 1.807) is 13.8 Å². The maximum atomic E-state index is 9.16. The standard InChI is InChI=1S/C14H24N2O6/c1-13(7-17,8-18)21-5-11-3-15-4-12(16-11)6-22-14(2,9-19)10-20/h3-4,17-20H,5-10H2,1-2H3. The number of hydrogen-bond donors (Lipinski definition) is 4. The molecule has 0 aliphatic rings. The lowest BCUT2D eigenvalue weighted by molar-refractivity contribution is -0.108. The van der Waals surface area contributed by atoms with Crippen molar-refractivity contribution in [3.8, 4) is 0 Å². The Morgan fingerprint density at radius 3 is 1.50 bits per heavy atom. The highest BCUT2D eigenvalue weighted by molar-refractivity contribution is 5.02. The molecule has 0 aromatic carbocycles. The van der Waals surface area contributed by atoms with Gasteiger partial charge in [-0.2, -0.15) is 0 Å². The fraction of sp³-hybridized carbons (Fsp3) is 0.714. The van der Waals surface area contributed by atoms with Crippen molar-refractivity contribution in [3.63, 3.8) is 0 Å². The van der Waals surface area contributed by atoms with Gasteiger partial charge in [-0.25, -0.2) is 4.98 Å². The molecule has 0 bridgehead atoms. The van der Waals surface area contributed by atoms with Gasteiger partial charge in [-0.3, -0.25) is 4.98 Å². The Bertz CT molecular complexity index is 411. The lowest BCUT2D eigenvalue weighted by Crippen LogP contribution is -2.37. The van der Waals surface area contributed by atoms with Crippen LogP contribution in [0.5, 0.6) is 0 Å². The van der Waals surface area contributed by atoms with Gasteiger partial charge in [0.25, 0.3) is 0 Å². The molecular weight excluding hydrogens is 292 g/mol. The average Bonchev–Trinajstić information content (AvgIpc) is 2.58. The summed E-state index contributed by atoms with van der Waals surface area (Å²) in [6.07, 6.45) is 3.02. The first-order valence-electron chi connectivity index (χ1n) is 6.91. The smallest absolute Gasteiger partial charge is 0.112 e. The highest BCUT2D eigenvalue weighted by Crippen LogP contribution is 2.13. The second-order valence-corrected chi connectivity index (χ2v) is 5.61. The van der Waals surface area contributed by atoms with E-state index in [-0.39, 0.29) is 39.6 Å². The summed E-state index contributed by atoms with van der Waals surface area (Å²) in [5, 5.41) is 36.6. The highest BCUT2D eigenvalue weighted by Gasteiger charge is 2.24. The van der Waals surface area contributed by atoms with Crippen LogP contribution in [-0.4, -0.2) is 68.0 Å². The Balaban J connectivity index is 2.63. The first-order chi connectivity index (χ1) is 10.4. The Kier molecular flexibility index (Phi) is 7.27. The first kappa shape index (κ1) is 18.9. The van der Waals surface area contributed by atoms with E-state index in [1.165, 1.54) is 12.4 Å². The van der Waals surface area contributed by atoms with E-state index < -0.39 is 11.2 Å². The van der Waals surface area contributed by atoms with Gasteiger partial charge >= 0.3 is 0 Å². The van der Waals surface area contributed by atoms with E-state index in [1.807, 2.05) is 0 Å². The zero-order chi connectivity index (χ0) is 16.6. The van der Waals surface area contributed by atoms with Gasteiger partial charge in [-0.05, 0) is 13.8 Å². The number of hydrogen-bond acceptors (Lipinski definition) is 8. The number of aliphatic hydroxyl groups excluding tert-OH is 4. The van der Waals surface area contributed by atoms with Gasteiger partial charge in [0.15, 0.2) is 0 Å². The van der Waals surface area contributed by atoms with E-state index in [2.05, 4.69) is 9.97 Å². The molecule has 4 N–H and O–H groups in total. The van der Waals surface area contributed by atoms with Gasteiger partial charge in [-0.1, -0.05) is 0 Å². The maximum Gasteiger partial charge on any atom is 0.112 e. The predicted octanol–water partition coefficient (Wildman–Crippen LogP) is -1.00. The molecule has 0 atom stereocenters. The van der Waals surface area contributed by atoms with Crippen LogP contribution in [0, 0.1) is 0 Å². The number of aromatic nitrogens is 2. The number of rotatable bonds is 10. The molecule has 0 fully saturated rings. The highest BCUT2D eigenvalue weighted by atomic mass is 16.5. The Labute approximate surface area is 129 Å². The van der Waals surface area contributed by atoms with Crippen molar-refractivity contribution >= 4 is 0 Å². The minimum atomic E-state index is -1.04. The van der Waals surface area contributed by atoms with Crippen LogP contribution < -0.4 is 0 Å². The van der Waals surface area contributed by atoms with Crippen LogP contribution in [0.1, 0.15) is 25.2 Å². The molecule has 0 spiro atoms. The molecule has 0 aliphatic heterocycles. The lowest BCUT2D eigenvalue weighted by atomic mass is 10.1. The van der Waals surface area contributed by atoms with Crippen LogP contribution in [0.25, 0.3) is 0 Å². The fourth-order valence-electron chi connectivity index (χ4n) is 1.37. The third-order valence-corrected chi connectivity index (χ3v) is 3.21. The molecule has 0 saturated carbocycles. The Hall–Kier alpha value is -1.16. The van der Waals surface area contributed by atoms with Gasteiger partial charge in [0.1, 0.15) is 11.2 Å². The Morgan fingerprint density at radius 1 is 0.818 bits per heavy atom. The minimum absolute atomic E-state index is 0.0791. The monoisotopic (exact) mass is 316 g/mol. The van der Waals surface area contributed by atoms with Gasteiger partial charge < -0.3 is 29.9 Å². The van der Waals surface area contributed by atoms with Crippen molar-refractivity contribution < 1.29 is 29.9 Å². The molecular formula is C14H24N2O6. The van der Waals surface area contributed by atoms with Crippen molar-refractivity contribution in [3.05, 3.63) is 23.8 Å². The van der Waals surface area contributed by atoms with E-state index >= 15 is 0 Å². The van der Waals surface area contributed by atoms with Crippen molar-refractivity contribution in [1.82, 2.24) is 9.97 Å². The zero-order valence-corrected chi connectivity index (χ0v) is 12.9. The normalized spacial score (nSPS) is 12.6. The molecule has 8 nitrogen and oxygen atoms in total. The van der Waals surface area contributed by atoms with Crippen molar-refractivity contribution in [2.45, 2.75) is 38.3 Å². The third-order valence-electron chi connectivity index (χ3n) is 3.21. The third kappa shape index (κ3) is 5.56. The van der Waals surface area contributed by atoms with Gasteiger partial charge in [-0.15, -0.1) is 0 Å². The van der Waals surface area contributed by atoms with E-state index in [0.717, 1.165) is 0 Å². The second-order valence-electron chi connectivity index (χ2n) is 5.61. The van der Waals surface area contributed by atoms with E-state index in [4.69, 9.17) is 29.9 Å². The largest absolute Gasteiger partial charge is 0.393 e. The van der Waals surface area contributed by atoms with Gasteiger partial charge in [0, 0.05) is 0 Å². The molecule has 0 unspecified atom stereocenters. The zero-order valence-electron chi connectivity index (χ0n) is 12.9. The topological polar surface area (TPSA) is 125 Å². The summed E-state index contributed by atoms with van der Waals surface area (Å²) < 4.78 is 10.9. The molecule has 1 aromatic heterocycles. The molecule has 0 saturated heterocycles. The molecule has 1 aromatic rings. The van der Waals surface area contributed by atoms with Crippen LogP contribution in [0.2, 0.25) is 0 Å². The summed E-state index contributed by atoms with van der Waals surface area (Å²) in [5.41, 5.74) is -1.05. The average molecular weight is 316 g/mol. The number of nitrogens with zero attached hydrogens (tertiary/aromatic N) is 2. The molecule has 22 heavy (non-hydrogen) atoms. The quantitative estimate of drug-likeness (QED) is 0.433. The van der Waals surface area contributed by atoms with Crippen molar-refractivity contribution in [2.75, 3.05) is 26.4 Å². The van der Waals surface area contributed by atoms with Gasteiger partial charge in [0.2, 0.25) is 0 Å². The molecule has 1 rings (SSSR count). The second kappa shape index (κ2) is 8.47. The molecule has 0 radical (unpaired) electrons. The molecule has 1 heterocycles. The molecule has 0 aliphatic carbocycles. The van der Waals surface area contributed by atoms with Crippen LogP contribution in [0.15, 0.2) is 12.4 Å². The lowest BCUT2D eigenvalue weighted by Gasteiger charge is -2.25. The maximum absolute atomic E-state index is 9.16. The summed E-state index contributed by atoms with van der Waals surface area (Å²) in [6.45, 7) is 2.07. The van der Waals surface area contributed by atoms with E-state index in [9.17, 15) is 0 Å².